The van der Waals surface area contributed by atoms with Gasteiger partial charge in [0.05, 0.1) is 16.7 Å². The standard InChI is InChI=1S/C28H30N4O3/c1-32-25-22(30-24(33)16-35-2)13-18(14-23(25)31-26(32)17-6-4-3-5-7-17)27(34)29-15-19-12-20-8-9-21(19)28(20)10-11-28/h3-9,13-14,19-21H,10-12,15-16H2,1-2H3,(H,29,34)(H,30,33)/t19-,20+,21+/m1/s1. The predicted molar refractivity (Wildman–Crippen MR) is 135 cm³/mol. The Hall–Kier alpha value is -3.45. The third-order valence-corrected chi connectivity index (χ3v) is 8.18. The van der Waals surface area contributed by atoms with E-state index < -0.39 is 0 Å². The van der Waals surface area contributed by atoms with Crippen molar-refractivity contribution in [3.05, 3.63) is 60.2 Å². The number of imidazole rings is 1. The van der Waals surface area contributed by atoms with Crippen LogP contribution in [0.2, 0.25) is 0 Å². The second kappa shape index (κ2) is 8.34. The Bertz CT molecular complexity index is 1340. The molecule has 3 aromatic rings. The van der Waals surface area contributed by atoms with Crippen molar-refractivity contribution < 1.29 is 14.3 Å². The zero-order valence-corrected chi connectivity index (χ0v) is 20.1. The van der Waals surface area contributed by atoms with Crippen LogP contribution in [0.15, 0.2) is 54.6 Å². The van der Waals surface area contributed by atoms with Gasteiger partial charge in [0, 0.05) is 31.8 Å². The summed E-state index contributed by atoms with van der Waals surface area (Å²) < 4.78 is 6.94. The van der Waals surface area contributed by atoms with Crippen LogP contribution < -0.4 is 10.6 Å². The average molecular weight is 471 g/mol. The number of benzene rings is 2. The molecule has 180 valence electrons. The van der Waals surface area contributed by atoms with Crippen LogP contribution in [-0.2, 0) is 16.6 Å². The number of ether oxygens (including phenoxy) is 1. The summed E-state index contributed by atoms with van der Waals surface area (Å²) >= 11 is 0. The van der Waals surface area contributed by atoms with Gasteiger partial charge in [0.25, 0.3) is 5.91 Å². The Morgan fingerprint density at radius 3 is 2.69 bits per heavy atom. The van der Waals surface area contributed by atoms with Crippen LogP contribution in [0.1, 0.15) is 29.6 Å². The molecule has 1 aromatic heterocycles. The molecule has 2 saturated carbocycles. The van der Waals surface area contributed by atoms with Crippen molar-refractivity contribution in [2.45, 2.75) is 19.3 Å². The van der Waals surface area contributed by atoms with Gasteiger partial charge in [-0.1, -0.05) is 42.5 Å². The van der Waals surface area contributed by atoms with Gasteiger partial charge >= 0.3 is 0 Å². The molecule has 1 heterocycles. The van der Waals surface area contributed by atoms with E-state index >= 15 is 0 Å². The summed E-state index contributed by atoms with van der Waals surface area (Å²) in [6, 6.07) is 13.4. The number of rotatable bonds is 7. The smallest absolute Gasteiger partial charge is 0.251 e. The molecule has 0 saturated heterocycles. The summed E-state index contributed by atoms with van der Waals surface area (Å²) in [5.41, 5.74) is 3.93. The third kappa shape index (κ3) is 3.65. The van der Waals surface area contributed by atoms with Crippen LogP contribution in [0.3, 0.4) is 0 Å². The van der Waals surface area contributed by atoms with E-state index in [4.69, 9.17) is 9.72 Å². The van der Waals surface area contributed by atoms with E-state index in [1.165, 1.54) is 26.4 Å². The quantitative estimate of drug-likeness (QED) is 0.508. The number of anilines is 1. The number of carbonyl (C=O) groups is 2. The van der Waals surface area contributed by atoms with Crippen molar-refractivity contribution in [2.75, 3.05) is 25.6 Å². The first-order valence-electron chi connectivity index (χ1n) is 12.3. The van der Waals surface area contributed by atoms with Gasteiger partial charge in [-0.3, -0.25) is 9.59 Å². The summed E-state index contributed by atoms with van der Waals surface area (Å²) in [5.74, 6) is 2.14. The number of methoxy groups -OCH3 is 1. The first-order valence-corrected chi connectivity index (χ1v) is 12.3. The van der Waals surface area contributed by atoms with E-state index in [0.29, 0.717) is 46.5 Å². The Balaban J connectivity index is 1.30. The molecular weight excluding hydrogens is 440 g/mol. The average Bonchev–Trinajstić information content (AvgIpc) is 3.41. The van der Waals surface area contributed by atoms with E-state index in [0.717, 1.165) is 16.9 Å². The molecule has 3 aliphatic carbocycles. The van der Waals surface area contributed by atoms with Crippen molar-refractivity contribution in [3.63, 3.8) is 0 Å². The maximum Gasteiger partial charge on any atom is 0.251 e. The van der Waals surface area contributed by atoms with E-state index in [1.54, 1.807) is 6.07 Å². The minimum absolute atomic E-state index is 0.0686. The van der Waals surface area contributed by atoms with Crippen LogP contribution in [0, 0.1) is 23.2 Å². The molecule has 1 spiro atoms. The molecule has 3 atom stereocenters. The van der Waals surface area contributed by atoms with Gasteiger partial charge in [-0.2, -0.15) is 0 Å². The highest BCUT2D eigenvalue weighted by Crippen LogP contribution is 2.69. The topological polar surface area (TPSA) is 85.2 Å². The number of aromatic nitrogens is 2. The molecule has 2 aromatic carbocycles. The molecular formula is C28H30N4O3. The highest BCUT2D eigenvalue weighted by atomic mass is 16.5. The van der Waals surface area contributed by atoms with Gasteiger partial charge in [0.1, 0.15) is 12.4 Å². The number of allylic oxidation sites excluding steroid dienone is 2. The molecule has 7 heteroatoms. The number of hydrogen-bond donors (Lipinski definition) is 2. The highest BCUT2D eigenvalue weighted by molar-refractivity contribution is 6.06. The lowest BCUT2D eigenvalue weighted by atomic mass is 9.89. The minimum atomic E-state index is -0.280. The van der Waals surface area contributed by atoms with E-state index in [1.807, 2.05) is 48.0 Å². The van der Waals surface area contributed by atoms with E-state index in [2.05, 4.69) is 22.8 Å². The highest BCUT2D eigenvalue weighted by Gasteiger charge is 2.62. The Labute approximate surface area is 204 Å². The first-order chi connectivity index (χ1) is 17.0. The molecule has 0 unspecified atom stereocenters. The number of aryl methyl sites for hydroxylation is 1. The van der Waals surface area contributed by atoms with Gasteiger partial charge < -0.3 is 19.9 Å². The van der Waals surface area contributed by atoms with Crippen molar-refractivity contribution in [2.24, 2.45) is 30.2 Å². The van der Waals surface area contributed by atoms with Crippen LogP contribution in [-0.4, -0.2) is 41.6 Å². The molecule has 2 amide bonds. The summed E-state index contributed by atoms with van der Waals surface area (Å²) in [7, 11) is 3.40. The van der Waals surface area contributed by atoms with Crippen LogP contribution in [0.4, 0.5) is 5.69 Å². The molecule has 35 heavy (non-hydrogen) atoms. The minimum Gasteiger partial charge on any atom is -0.375 e. The SMILES string of the molecule is COCC(=O)Nc1cc(C(=O)NC[C@H]2C[C@@H]3C=C[C@@H]2C32CC2)cc2nc(-c3ccccc3)n(C)c12. The zero-order valence-electron chi connectivity index (χ0n) is 20.1. The molecule has 6 rings (SSSR count). The van der Waals surface area contributed by atoms with Gasteiger partial charge in [-0.25, -0.2) is 4.98 Å². The number of nitrogens with zero attached hydrogens (tertiary/aromatic N) is 2. The lowest BCUT2D eigenvalue weighted by Crippen LogP contribution is -2.31. The largest absolute Gasteiger partial charge is 0.375 e. The fraction of sp³-hybridized carbons (Fsp3) is 0.393. The normalized spacial score (nSPS) is 23.2. The second-order valence-electron chi connectivity index (χ2n) is 10.2. The van der Waals surface area contributed by atoms with Crippen molar-refractivity contribution in [1.82, 2.24) is 14.9 Å². The number of hydrogen-bond acceptors (Lipinski definition) is 4. The second-order valence-corrected chi connectivity index (χ2v) is 10.2. The number of carbonyl (C=O) groups excluding carboxylic acids is 2. The maximum atomic E-state index is 13.3. The Morgan fingerprint density at radius 2 is 1.97 bits per heavy atom. The summed E-state index contributed by atoms with van der Waals surface area (Å²) in [5, 5.41) is 6.08. The molecule has 2 bridgehead atoms. The van der Waals surface area contributed by atoms with Crippen molar-refractivity contribution in [1.29, 1.82) is 0 Å². The Morgan fingerprint density at radius 1 is 1.17 bits per heavy atom. The molecule has 0 radical (unpaired) electrons. The number of nitrogens with one attached hydrogen (secondary N) is 2. The monoisotopic (exact) mass is 470 g/mol. The van der Waals surface area contributed by atoms with Crippen LogP contribution in [0.5, 0.6) is 0 Å². The van der Waals surface area contributed by atoms with Crippen LogP contribution >= 0.6 is 0 Å². The first kappa shape index (κ1) is 22.0. The van der Waals surface area contributed by atoms with Crippen LogP contribution in [0.25, 0.3) is 22.4 Å². The zero-order chi connectivity index (χ0) is 24.2. The van der Waals surface area contributed by atoms with Gasteiger partial charge in [-0.05, 0) is 54.6 Å². The molecule has 3 aliphatic rings. The molecule has 0 aliphatic heterocycles. The van der Waals surface area contributed by atoms with E-state index in [9.17, 15) is 9.59 Å². The van der Waals surface area contributed by atoms with Crippen molar-refractivity contribution >= 4 is 28.5 Å². The molecule has 7 nitrogen and oxygen atoms in total. The number of fused-ring (bicyclic) bond motifs is 1. The fourth-order valence-electron chi connectivity index (χ4n) is 6.42. The van der Waals surface area contributed by atoms with E-state index in [-0.39, 0.29) is 18.4 Å². The van der Waals surface area contributed by atoms with Gasteiger partial charge in [-0.15, -0.1) is 0 Å². The maximum absolute atomic E-state index is 13.3. The fourth-order valence-corrected chi connectivity index (χ4v) is 6.42. The van der Waals surface area contributed by atoms with Crippen molar-refractivity contribution in [3.8, 4) is 11.4 Å². The summed E-state index contributed by atoms with van der Waals surface area (Å²) in [6.07, 6.45) is 8.59. The lowest BCUT2D eigenvalue weighted by Gasteiger charge is -2.20. The molecule has 2 N–H and O–H groups in total. The summed E-state index contributed by atoms with van der Waals surface area (Å²) in [4.78, 5) is 30.5. The number of amides is 2. The van der Waals surface area contributed by atoms with Gasteiger partial charge in [0.2, 0.25) is 5.91 Å². The third-order valence-electron chi connectivity index (χ3n) is 8.18. The molecule has 2 fully saturated rings. The predicted octanol–water partition coefficient (Wildman–Crippen LogP) is 4.16. The lowest BCUT2D eigenvalue weighted by molar-refractivity contribution is -0.119. The Kier molecular flexibility index (Phi) is 5.25. The van der Waals surface area contributed by atoms with Gasteiger partial charge in [0.15, 0.2) is 0 Å². The summed E-state index contributed by atoms with van der Waals surface area (Å²) in [6.45, 7) is 0.605.